The molecular formula is C14H11N3O3. The monoisotopic (exact) mass is 269 g/mol. The molecule has 1 aromatic carbocycles. The molecule has 0 atom stereocenters. The van der Waals surface area contributed by atoms with Crippen LogP contribution < -0.4 is 0 Å². The zero-order chi connectivity index (χ0) is 13.9. The van der Waals surface area contributed by atoms with Gasteiger partial charge in [0.05, 0.1) is 12.0 Å². The van der Waals surface area contributed by atoms with Crippen LogP contribution in [0.5, 0.6) is 11.5 Å². The van der Waals surface area contributed by atoms with Gasteiger partial charge in [0.1, 0.15) is 0 Å². The summed E-state index contributed by atoms with van der Waals surface area (Å²) in [5.41, 5.74) is 1.12. The number of phenolic OH excluding ortho intramolecular Hbond substituents is 2. The molecule has 0 saturated carbocycles. The third-order valence-electron chi connectivity index (χ3n) is 2.78. The first-order valence-electron chi connectivity index (χ1n) is 5.98. The summed E-state index contributed by atoms with van der Waals surface area (Å²) in [5.74, 6) is 0.110. The van der Waals surface area contributed by atoms with Crippen LogP contribution in [0.2, 0.25) is 0 Å². The molecule has 3 aromatic rings. The molecule has 0 fully saturated rings. The number of rotatable bonds is 3. The normalized spacial score (nSPS) is 10.6. The van der Waals surface area contributed by atoms with Crippen molar-refractivity contribution >= 4 is 0 Å². The summed E-state index contributed by atoms with van der Waals surface area (Å²) in [7, 11) is 0. The molecule has 0 amide bonds. The number of benzene rings is 1. The predicted molar refractivity (Wildman–Crippen MR) is 70.1 cm³/mol. The van der Waals surface area contributed by atoms with E-state index in [2.05, 4.69) is 15.1 Å². The zero-order valence-corrected chi connectivity index (χ0v) is 10.4. The molecule has 0 aliphatic rings. The van der Waals surface area contributed by atoms with E-state index in [4.69, 9.17) is 4.52 Å². The third-order valence-corrected chi connectivity index (χ3v) is 2.78. The average Bonchev–Trinajstić information content (AvgIpc) is 2.91. The number of nitrogens with zero attached hydrogens (tertiary/aromatic N) is 3. The molecule has 6 heteroatoms. The second kappa shape index (κ2) is 5.00. The topological polar surface area (TPSA) is 92.3 Å². The first-order valence-corrected chi connectivity index (χ1v) is 5.98. The number of pyridine rings is 1. The Kier molecular flexibility index (Phi) is 3.04. The molecule has 0 spiro atoms. The Labute approximate surface area is 114 Å². The van der Waals surface area contributed by atoms with Crippen molar-refractivity contribution in [2.24, 2.45) is 0 Å². The van der Waals surface area contributed by atoms with Crippen LogP contribution in [0.1, 0.15) is 11.5 Å². The zero-order valence-electron chi connectivity index (χ0n) is 10.4. The van der Waals surface area contributed by atoms with Crippen molar-refractivity contribution < 1.29 is 14.7 Å². The van der Waals surface area contributed by atoms with Crippen LogP contribution >= 0.6 is 0 Å². The fraction of sp³-hybridized carbons (Fsp3) is 0.0714. The quantitative estimate of drug-likeness (QED) is 0.708. The van der Waals surface area contributed by atoms with Crippen molar-refractivity contribution in [1.29, 1.82) is 0 Å². The van der Waals surface area contributed by atoms with Gasteiger partial charge in [-0.3, -0.25) is 4.98 Å². The van der Waals surface area contributed by atoms with Crippen molar-refractivity contribution in [3.63, 3.8) is 0 Å². The Morgan fingerprint density at radius 1 is 1.05 bits per heavy atom. The Bertz CT molecular complexity index is 726. The second-order valence-electron chi connectivity index (χ2n) is 4.19. The number of aromatic hydroxyl groups is 2. The largest absolute Gasteiger partial charge is 0.504 e. The van der Waals surface area contributed by atoms with E-state index in [0.29, 0.717) is 17.8 Å². The molecule has 0 saturated heterocycles. The molecule has 2 heterocycles. The third kappa shape index (κ3) is 2.31. The fourth-order valence-corrected chi connectivity index (χ4v) is 1.80. The smallest absolute Gasteiger partial charge is 0.261 e. The minimum absolute atomic E-state index is 0.157. The molecule has 100 valence electrons. The van der Waals surface area contributed by atoms with Gasteiger partial charge < -0.3 is 14.7 Å². The molecule has 0 unspecified atom stereocenters. The van der Waals surface area contributed by atoms with Crippen molar-refractivity contribution in [1.82, 2.24) is 15.1 Å². The van der Waals surface area contributed by atoms with Crippen molar-refractivity contribution in [2.75, 3.05) is 0 Å². The molecule has 6 nitrogen and oxygen atoms in total. The van der Waals surface area contributed by atoms with Crippen molar-refractivity contribution in [2.45, 2.75) is 6.42 Å². The maximum absolute atomic E-state index is 9.76. The molecule has 0 radical (unpaired) electrons. The van der Waals surface area contributed by atoms with E-state index in [1.165, 1.54) is 6.07 Å². The first-order chi connectivity index (χ1) is 9.74. The van der Waals surface area contributed by atoms with Crippen LogP contribution in [-0.2, 0) is 6.42 Å². The fourth-order valence-electron chi connectivity index (χ4n) is 1.80. The highest BCUT2D eigenvalue weighted by Crippen LogP contribution is 2.35. The van der Waals surface area contributed by atoms with Crippen LogP contribution in [0.15, 0.2) is 47.1 Å². The first kappa shape index (κ1) is 12.2. The van der Waals surface area contributed by atoms with Crippen molar-refractivity contribution in [3.8, 4) is 23.0 Å². The van der Waals surface area contributed by atoms with Gasteiger partial charge in [0.15, 0.2) is 17.3 Å². The van der Waals surface area contributed by atoms with E-state index in [-0.39, 0.29) is 17.4 Å². The maximum atomic E-state index is 9.76. The summed E-state index contributed by atoms with van der Waals surface area (Å²) < 4.78 is 5.10. The summed E-state index contributed by atoms with van der Waals surface area (Å²) >= 11 is 0. The molecule has 3 rings (SSSR count). The summed E-state index contributed by atoms with van der Waals surface area (Å²) in [6.45, 7) is 0. The van der Waals surface area contributed by atoms with Crippen molar-refractivity contribution in [3.05, 3.63) is 54.1 Å². The predicted octanol–water partition coefficient (Wildman–Crippen LogP) is 2.13. The van der Waals surface area contributed by atoms with Gasteiger partial charge in [-0.05, 0) is 24.3 Å². The van der Waals surface area contributed by atoms with Gasteiger partial charge in [-0.15, -0.1) is 0 Å². The molecule has 2 N–H and O–H groups in total. The molecular weight excluding hydrogens is 258 g/mol. The average molecular weight is 269 g/mol. The Balaban J connectivity index is 1.89. The highest BCUT2D eigenvalue weighted by atomic mass is 16.5. The van der Waals surface area contributed by atoms with Gasteiger partial charge in [0, 0.05) is 11.9 Å². The standard InChI is InChI=1S/C14H11N3O3/c18-11-6-3-5-10(13(11)19)14-16-12(17-20-14)8-9-4-1-2-7-15-9/h1-7,18-19H,8H2. The molecule has 20 heavy (non-hydrogen) atoms. The Morgan fingerprint density at radius 2 is 1.95 bits per heavy atom. The molecule has 0 aliphatic carbocycles. The minimum Gasteiger partial charge on any atom is -0.504 e. The maximum Gasteiger partial charge on any atom is 0.261 e. The highest BCUT2D eigenvalue weighted by Gasteiger charge is 2.15. The van der Waals surface area contributed by atoms with Gasteiger partial charge in [0.25, 0.3) is 5.89 Å². The lowest BCUT2D eigenvalue weighted by atomic mass is 10.2. The van der Waals surface area contributed by atoms with E-state index in [1.807, 2.05) is 18.2 Å². The van der Waals surface area contributed by atoms with Gasteiger partial charge in [-0.1, -0.05) is 17.3 Å². The highest BCUT2D eigenvalue weighted by molar-refractivity contribution is 5.66. The molecule has 0 bridgehead atoms. The van der Waals surface area contributed by atoms with E-state index in [0.717, 1.165) is 5.69 Å². The van der Waals surface area contributed by atoms with Crippen LogP contribution in [-0.4, -0.2) is 25.3 Å². The summed E-state index contributed by atoms with van der Waals surface area (Å²) in [5, 5.41) is 23.1. The van der Waals surface area contributed by atoms with E-state index in [9.17, 15) is 10.2 Å². The lowest BCUT2D eigenvalue weighted by Gasteiger charge is -2.00. The van der Waals surface area contributed by atoms with Crippen LogP contribution in [0, 0.1) is 0 Å². The van der Waals surface area contributed by atoms with Gasteiger partial charge in [-0.25, -0.2) is 0 Å². The number of phenols is 2. The van der Waals surface area contributed by atoms with Gasteiger partial charge in [-0.2, -0.15) is 4.98 Å². The number of para-hydroxylation sites is 1. The van der Waals surface area contributed by atoms with E-state index >= 15 is 0 Å². The van der Waals surface area contributed by atoms with Gasteiger partial charge >= 0.3 is 0 Å². The summed E-state index contributed by atoms with van der Waals surface area (Å²) in [4.78, 5) is 8.37. The summed E-state index contributed by atoms with van der Waals surface area (Å²) in [6, 6.07) is 10.1. The lowest BCUT2D eigenvalue weighted by molar-refractivity contribution is 0.396. The number of hydrogen-bond acceptors (Lipinski definition) is 6. The van der Waals surface area contributed by atoms with E-state index in [1.54, 1.807) is 18.3 Å². The van der Waals surface area contributed by atoms with Gasteiger partial charge in [0.2, 0.25) is 0 Å². The number of hydrogen-bond donors (Lipinski definition) is 2. The SMILES string of the molecule is Oc1cccc(-c2nc(Cc3ccccn3)no2)c1O. The minimum atomic E-state index is -0.277. The van der Waals surface area contributed by atoms with Crippen LogP contribution in [0.4, 0.5) is 0 Å². The Morgan fingerprint density at radius 3 is 2.75 bits per heavy atom. The molecule has 0 aliphatic heterocycles. The number of aromatic nitrogens is 3. The van der Waals surface area contributed by atoms with Crippen LogP contribution in [0.25, 0.3) is 11.5 Å². The lowest BCUT2D eigenvalue weighted by Crippen LogP contribution is -1.93. The Hall–Kier alpha value is -2.89. The molecule has 2 aromatic heterocycles. The summed E-state index contributed by atoms with van der Waals surface area (Å²) in [6.07, 6.45) is 2.13. The van der Waals surface area contributed by atoms with E-state index < -0.39 is 0 Å². The van der Waals surface area contributed by atoms with Crippen LogP contribution in [0.3, 0.4) is 0 Å². The second-order valence-corrected chi connectivity index (χ2v) is 4.19.